The van der Waals surface area contributed by atoms with Crippen LogP contribution in [-0.4, -0.2) is 66.0 Å². The van der Waals surface area contributed by atoms with E-state index in [1.807, 2.05) is 45.2 Å². The van der Waals surface area contributed by atoms with Gasteiger partial charge in [-0.3, -0.25) is 0 Å². The van der Waals surface area contributed by atoms with E-state index in [0.29, 0.717) is 37.7 Å². The van der Waals surface area contributed by atoms with Crippen molar-refractivity contribution in [2.75, 3.05) is 39.9 Å². The number of ether oxygens (including phenoxy) is 3. The second-order valence-electron chi connectivity index (χ2n) is 8.94. The van der Waals surface area contributed by atoms with Crippen LogP contribution >= 0.6 is 0 Å². The third-order valence-corrected chi connectivity index (χ3v) is 5.19. The van der Waals surface area contributed by atoms with Crippen molar-refractivity contribution in [3.05, 3.63) is 30.6 Å². The maximum atomic E-state index is 12.8. The van der Waals surface area contributed by atoms with E-state index in [1.165, 1.54) is 0 Å². The van der Waals surface area contributed by atoms with Crippen LogP contribution in [0.3, 0.4) is 0 Å². The normalized spacial score (nSPS) is 16.4. The number of nitrogens with zero attached hydrogens (tertiary/aromatic N) is 3. The quantitative estimate of drug-likeness (QED) is 0.718. The number of amides is 1. The van der Waals surface area contributed by atoms with Gasteiger partial charge in [0, 0.05) is 37.6 Å². The van der Waals surface area contributed by atoms with E-state index in [2.05, 4.69) is 14.9 Å². The Hall–Kier alpha value is -2.74. The highest BCUT2D eigenvalue weighted by Gasteiger charge is 2.22. The number of benzene rings is 1. The summed E-state index contributed by atoms with van der Waals surface area (Å²) in [5.74, 6) is 2.24. The van der Waals surface area contributed by atoms with E-state index >= 15 is 0 Å². The first-order valence-corrected chi connectivity index (χ1v) is 11.4. The van der Waals surface area contributed by atoms with E-state index in [9.17, 15) is 4.79 Å². The summed E-state index contributed by atoms with van der Waals surface area (Å²) in [4.78, 5) is 19.2. The van der Waals surface area contributed by atoms with E-state index in [4.69, 9.17) is 14.2 Å². The molecule has 1 amide bonds. The molecule has 1 aromatic carbocycles. The van der Waals surface area contributed by atoms with Crippen LogP contribution in [-0.2, 0) is 11.3 Å². The number of carbonyl (C=O) groups excluding carboxylic acids is 1. The lowest BCUT2D eigenvalue weighted by Gasteiger charge is -2.27. The van der Waals surface area contributed by atoms with Crippen LogP contribution in [0.4, 0.5) is 4.79 Å². The molecule has 0 saturated carbocycles. The number of rotatable bonds is 1. The highest BCUT2D eigenvalue weighted by Crippen LogP contribution is 2.32. The van der Waals surface area contributed by atoms with Gasteiger partial charge in [0.15, 0.2) is 11.5 Å². The lowest BCUT2D eigenvalue weighted by atomic mass is 10.2. The fourth-order valence-electron chi connectivity index (χ4n) is 3.58. The molecule has 1 aromatic heterocycles. The summed E-state index contributed by atoms with van der Waals surface area (Å²) < 4.78 is 19.2. The minimum absolute atomic E-state index is 0.273. The van der Waals surface area contributed by atoms with Gasteiger partial charge >= 0.3 is 6.09 Å². The van der Waals surface area contributed by atoms with E-state index in [0.717, 1.165) is 43.7 Å². The first-order chi connectivity index (χ1) is 15.4. The van der Waals surface area contributed by atoms with Crippen LogP contribution in [0.25, 0.3) is 11.4 Å². The Morgan fingerprint density at radius 1 is 1.12 bits per heavy atom. The Labute approximate surface area is 190 Å². The molecule has 1 aliphatic heterocycles. The Bertz CT molecular complexity index is 875. The van der Waals surface area contributed by atoms with Gasteiger partial charge in [-0.15, -0.1) is 0 Å². The van der Waals surface area contributed by atoms with Gasteiger partial charge in [-0.05, 0) is 71.3 Å². The van der Waals surface area contributed by atoms with Crippen LogP contribution < -0.4 is 14.8 Å². The van der Waals surface area contributed by atoms with Gasteiger partial charge < -0.3 is 29.0 Å². The molecule has 8 heteroatoms. The zero-order chi connectivity index (χ0) is 23.0. The fourth-order valence-corrected chi connectivity index (χ4v) is 3.58. The summed E-state index contributed by atoms with van der Waals surface area (Å²) in [5, 5.41) is 3.45. The topological polar surface area (TPSA) is 77.9 Å². The van der Waals surface area contributed by atoms with Crippen molar-refractivity contribution in [2.24, 2.45) is 0 Å². The Kier molecular flexibility index (Phi) is 8.39. The van der Waals surface area contributed by atoms with Crippen LogP contribution in [0.1, 0.15) is 40.0 Å². The van der Waals surface area contributed by atoms with Crippen molar-refractivity contribution >= 4 is 6.09 Å². The molecule has 2 bridgehead atoms. The summed E-state index contributed by atoms with van der Waals surface area (Å²) >= 11 is 0. The van der Waals surface area contributed by atoms with Crippen molar-refractivity contribution in [1.82, 2.24) is 19.8 Å². The molecule has 0 atom stereocenters. The molecular formula is C24H36N4O4. The maximum absolute atomic E-state index is 12.8. The summed E-state index contributed by atoms with van der Waals surface area (Å²) in [6.45, 7) is 9.91. The van der Waals surface area contributed by atoms with Gasteiger partial charge in [-0.1, -0.05) is 0 Å². The number of imidazole rings is 1. The zero-order valence-corrected chi connectivity index (χ0v) is 19.7. The summed E-state index contributed by atoms with van der Waals surface area (Å²) in [6.07, 6.45) is 6.24. The van der Waals surface area contributed by atoms with Crippen molar-refractivity contribution in [1.29, 1.82) is 0 Å². The third-order valence-electron chi connectivity index (χ3n) is 5.19. The molecule has 1 aliphatic rings. The molecule has 0 fully saturated rings. The largest absolute Gasteiger partial charge is 0.493 e. The highest BCUT2D eigenvalue weighted by atomic mass is 16.6. The standard InChI is InChI=1S/C24H36N4O4/c1-24(2,3)32-23(29)28-13-6-5-10-25-11-7-17-31-21-18-19(8-9-20(21)30-4)22-26-12-14-27(22)15-16-28/h8-9,12,14,18,25H,5-7,10-11,13,15-17H2,1-4H3. The number of aromatic nitrogens is 2. The summed E-state index contributed by atoms with van der Waals surface area (Å²) in [5.41, 5.74) is 0.420. The molecule has 3 rings (SSSR count). The van der Waals surface area contributed by atoms with E-state index < -0.39 is 5.60 Å². The highest BCUT2D eigenvalue weighted by molar-refractivity contribution is 5.68. The first kappa shape index (κ1) is 23.9. The van der Waals surface area contributed by atoms with Crippen molar-refractivity contribution in [3.63, 3.8) is 0 Å². The van der Waals surface area contributed by atoms with Crippen LogP contribution in [0, 0.1) is 0 Å². The Morgan fingerprint density at radius 3 is 2.72 bits per heavy atom. The number of hydrogen-bond donors (Lipinski definition) is 1. The predicted octanol–water partition coefficient (Wildman–Crippen LogP) is 3.95. The molecule has 32 heavy (non-hydrogen) atoms. The molecule has 8 nitrogen and oxygen atoms in total. The molecule has 0 aliphatic carbocycles. The molecular weight excluding hydrogens is 408 g/mol. The molecule has 0 saturated heterocycles. The second-order valence-corrected chi connectivity index (χ2v) is 8.94. The lowest BCUT2D eigenvalue weighted by Crippen LogP contribution is -2.39. The van der Waals surface area contributed by atoms with Gasteiger partial charge in [0.2, 0.25) is 0 Å². The Morgan fingerprint density at radius 2 is 1.94 bits per heavy atom. The smallest absolute Gasteiger partial charge is 0.410 e. The molecule has 0 radical (unpaired) electrons. The van der Waals surface area contributed by atoms with Crippen LogP contribution in [0.5, 0.6) is 11.5 Å². The van der Waals surface area contributed by atoms with Gasteiger partial charge in [-0.25, -0.2) is 9.78 Å². The van der Waals surface area contributed by atoms with Crippen LogP contribution in [0.2, 0.25) is 0 Å². The maximum Gasteiger partial charge on any atom is 0.410 e. The van der Waals surface area contributed by atoms with Crippen LogP contribution in [0.15, 0.2) is 30.6 Å². The molecule has 0 unspecified atom stereocenters. The van der Waals surface area contributed by atoms with Crippen molar-refractivity contribution in [3.8, 4) is 22.9 Å². The number of hydrogen-bond acceptors (Lipinski definition) is 6. The molecule has 0 spiro atoms. The van der Waals surface area contributed by atoms with Crippen molar-refractivity contribution in [2.45, 2.75) is 52.2 Å². The third kappa shape index (κ3) is 6.88. The van der Waals surface area contributed by atoms with Gasteiger partial charge in [-0.2, -0.15) is 0 Å². The van der Waals surface area contributed by atoms with Crippen molar-refractivity contribution < 1.29 is 19.0 Å². The first-order valence-electron chi connectivity index (χ1n) is 11.4. The molecule has 2 aromatic rings. The van der Waals surface area contributed by atoms with E-state index in [1.54, 1.807) is 18.2 Å². The minimum Gasteiger partial charge on any atom is -0.493 e. The monoisotopic (exact) mass is 444 g/mol. The summed E-state index contributed by atoms with van der Waals surface area (Å²) in [7, 11) is 1.64. The Balaban J connectivity index is 1.83. The fraction of sp³-hybridized carbons (Fsp3) is 0.583. The van der Waals surface area contributed by atoms with E-state index in [-0.39, 0.29) is 6.09 Å². The zero-order valence-electron chi connectivity index (χ0n) is 19.7. The number of carbonyl (C=O) groups is 1. The van der Waals surface area contributed by atoms with Gasteiger partial charge in [0.05, 0.1) is 13.7 Å². The number of fused-ring (bicyclic) bond motifs is 4. The van der Waals surface area contributed by atoms with Gasteiger partial charge in [0.1, 0.15) is 11.4 Å². The number of nitrogens with one attached hydrogen (secondary N) is 1. The lowest BCUT2D eigenvalue weighted by molar-refractivity contribution is 0.0241. The molecule has 176 valence electrons. The average molecular weight is 445 g/mol. The molecule has 2 heterocycles. The molecule has 1 N–H and O–H groups in total. The van der Waals surface area contributed by atoms with Gasteiger partial charge in [0.25, 0.3) is 0 Å². The second kappa shape index (κ2) is 11.2. The summed E-state index contributed by atoms with van der Waals surface area (Å²) in [6, 6.07) is 5.85. The SMILES string of the molecule is COc1ccc2cc1OCCCNCCCCN(C(=O)OC(C)(C)C)CCn1ccnc1-2. The average Bonchev–Trinajstić information content (AvgIpc) is 3.21. The minimum atomic E-state index is -0.522. The number of methoxy groups -OCH3 is 1. The predicted molar refractivity (Wildman–Crippen MR) is 124 cm³/mol.